The van der Waals surface area contributed by atoms with Crippen LogP contribution in [0.2, 0.25) is 0 Å². The molecule has 1 aromatic carbocycles. The summed E-state index contributed by atoms with van der Waals surface area (Å²) in [4.78, 5) is 2.50. The first-order valence-corrected chi connectivity index (χ1v) is 9.34. The van der Waals surface area contributed by atoms with E-state index in [2.05, 4.69) is 50.6 Å². The van der Waals surface area contributed by atoms with Gasteiger partial charge in [-0.15, -0.1) is 0 Å². The Kier molecular flexibility index (Phi) is 4.67. The number of piperazine rings is 1. The van der Waals surface area contributed by atoms with Gasteiger partial charge in [-0.3, -0.25) is 4.90 Å². The van der Waals surface area contributed by atoms with Gasteiger partial charge in [0.05, 0.1) is 4.90 Å². The first kappa shape index (κ1) is 16.4. The summed E-state index contributed by atoms with van der Waals surface area (Å²) in [5.41, 5.74) is -0.163. The van der Waals surface area contributed by atoms with Crippen molar-refractivity contribution in [1.82, 2.24) is 9.21 Å². The molecule has 0 amide bonds. The minimum absolute atomic E-state index is 0.163. The number of benzene rings is 1. The predicted molar refractivity (Wildman–Crippen MR) is 87.3 cm³/mol. The van der Waals surface area contributed by atoms with Crippen molar-refractivity contribution in [2.24, 2.45) is 0 Å². The molecule has 0 saturated carbocycles. The van der Waals surface area contributed by atoms with Crippen LogP contribution >= 0.6 is 31.9 Å². The topological polar surface area (TPSA) is 40.6 Å². The van der Waals surface area contributed by atoms with Gasteiger partial charge in [0.2, 0.25) is 10.0 Å². The predicted octanol–water partition coefficient (Wildman–Crippen LogP) is 2.93. The summed E-state index contributed by atoms with van der Waals surface area (Å²) in [5.74, 6) is 0. The molecule has 0 bridgehead atoms. The molecule has 0 atom stereocenters. The van der Waals surface area contributed by atoms with Crippen LogP contribution in [0.5, 0.6) is 0 Å². The summed E-state index contributed by atoms with van der Waals surface area (Å²) >= 11 is 6.67. The van der Waals surface area contributed by atoms with E-state index in [1.165, 1.54) is 0 Å². The second-order valence-corrected chi connectivity index (χ2v) is 9.32. The third-order valence-corrected chi connectivity index (χ3v) is 7.12. The van der Waals surface area contributed by atoms with Crippen molar-refractivity contribution >= 4 is 41.9 Å². The molecule has 0 aromatic heterocycles. The quantitative estimate of drug-likeness (QED) is 0.731. The van der Waals surface area contributed by atoms with Crippen molar-refractivity contribution in [3.8, 4) is 0 Å². The fraction of sp³-hybridized carbons (Fsp3) is 0.538. The van der Waals surface area contributed by atoms with Gasteiger partial charge in [-0.2, -0.15) is 4.31 Å². The van der Waals surface area contributed by atoms with Gasteiger partial charge in [0, 0.05) is 34.1 Å². The van der Waals surface area contributed by atoms with E-state index < -0.39 is 10.0 Å². The maximum atomic E-state index is 12.8. The van der Waals surface area contributed by atoms with E-state index in [1.54, 1.807) is 16.4 Å². The van der Waals surface area contributed by atoms with Gasteiger partial charge in [-0.25, -0.2) is 8.42 Å². The molecule has 1 aliphatic heterocycles. The Balaban J connectivity index is 2.38. The molecule has 0 radical (unpaired) electrons. The number of nitrogens with zero attached hydrogens (tertiary/aromatic N) is 2. The highest BCUT2D eigenvalue weighted by Crippen LogP contribution is 2.30. The van der Waals surface area contributed by atoms with Crippen LogP contribution in [-0.4, -0.2) is 49.8 Å². The number of sulfonamides is 1. The molecule has 7 heteroatoms. The molecule has 1 fully saturated rings. The Bertz CT molecular complexity index is 617. The fourth-order valence-corrected chi connectivity index (χ4v) is 5.26. The Morgan fingerprint density at radius 3 is 2.45 bits per heavy atom. The Labute approximate surface area is 137 Å². The zero-order valence-electron chi connectivity index (χ0n) is 11.7. The molecule has 1 aliphatic rings. The lowest BCUT2D eigenvalue weighted by atomic mass is 10.0. The summed E-state index contributed by atoms with van der Waals surface area (Å²) in [6.45, 7) is 5.86. The number of likely N-dealkylation sites (N-methyl/N-ethyl adjacent to an activating group) is 1. The minimum Gasteiger partial charge on any atom is -0.299 e. The highest BCUT2D eigenvalue weighted by molar-refractivity contribution is 9.11. The van der Waals surface area contributed by atoms with E-state index in [1.807, 2.05) is 13.1 Å². The molecule has 1 heterocycles. The molecule has 0 aliphatic carbocycles. The molecular weight excluding hydrogens is 408 g/mol. The highest BCUT2D eigenvalue weighted by Gasteiger charge is 2.37. The Morgan fingerprint density at radius 1 is 1.20 bits per heavy atom. The standard InChI is InChI=1S/C13H18Br2N2O2S/c1-13(2)9-17(7-6-16(13)3)20(18,19)12-8-10(14)4-5-11(12)15/h4-5,8H,6-7,9H2,1-3H3. The van der Waals surface area contributed by atoms with Crippen LogP contribution < -0.4 is 0 Å². The van der Waals surface area contributed by atoms with Crippen LogP contribution in [0.25, 0.3) is 0 Å². The van der Waals surface area contributed by atoms with Gasteiger partial charge in [-0.05, 0) is 55.0 Å². The van der Waals surface area contributed by atoms with Gasteiger partial charge in [0.25, 0.3) is 0 Å². The summed E-state index contributed by atoms with van der Waals surface area (Å²) in [6.07, 6.45) is 0. The fourth-order valence-electron chi connectivity index (χ4n) is 2.21. The molecule has 0 N–H and O–H groups in total. The van der Waals surface area contributed by atoms with Crippen LogP contribution in [0.15, 0.2) is 32.0 Å². The summed E-state index contributed by atoms with van der Waals surface area (Å²) in [6, 6.07) is 5.21. The summed E-state index contributed by atoms with van der Waals surface area (Å²) < 4.78 is 28.5. The van der Waals surface area contributed by atoms with E-state index in [4.69, 9.17) is 0 Å². The first-order valence-electron chi connectivity index (χ1n) is 6.31. The molecule has 2 rings (SSSR count). The third-order valence-electron chi connectivity index (χ3n) is 3.79. The van der Waals surface area contributed by atoms with E-state index >= 15 is 0 Å². The lowest BCUT2D eigenvalue weighted by molar-refractivity contribution is 0.0801. The second-order valence-electron chi connectivity index (χ2n) is 5.65. The lowest BCUT2D eigenvalue weighted by Gasteiger charge is -2.44. The maximum Gasteiger partial charge on any atom is 0.244 e. The lowest BCUT2D eigenvalue weighted by Crippen LogP contribution is -2.58. The van der Waals surface area contributed by atoms with Gasteiger partial charge in [0.1, 0.15) is 0 Å². The van der Waals surface area contributed by atoms with Crippen LogP contribution in [-0.2, 0) is 10.0 Å². The summed E-state index contributed by atoms with van der Waals surface area (Å²) in [7, 11) is -1.45. The Hall–Kier alpha value is 0.0500. The van der Waals surface area contributed by atoms with Gasteiger partial charge in [0.15, 0.2) is 0 Å². The third kappa shape index (κ3) is 3.11. The number of hydrogen-bond donors (Lipinski definition) is 0. The molecule has 1 aromatic rings. The zero-order valence-corrected chi connectivity index (χ0v) is 15.7. The van der Waals surface area contributed by atoms with E-state index in [9.17, 15) is 8.42 Å². The van der Waals surface area contributed by atoms with Crippen LogP contribution in [0.3, 0.4) is 0 Å². The van der Waals surface area contributed by atoms with Crippen LogP contribution in [0.1, 0.15) is 13.8 Å². The van der Waals surface area contributed by atoms with E-state index in [0.717, 1.165) is 11.0 Å². The molecule has 20 heavy (non-hydrogen) atoms. The Morgan fingerprint density at radius 2 is 1.85 bits per heavy atom. The van der Waals surface area contributed by atoms with E-state index in [-0.39, 0.29) is 5.54 Å². The van der Waals surface area contributed by atoms with Crippen molar-refractivity contribution in [2.75, 3.05) is 26.7 Å². The number of halogens is 2. The van der Waals surface area contributed by atoms with Gasteiger partial charge < -0.3 is 0 Å². The van der Waals surface area contributed by atoms with Crippen molar-refractivity contribution < 1.29 is 8.42 Å². The molecule has 1 saturated heterocycles. The zero-order chi connectivity index (χ0) is 15.1. The van der Waals surface area contributed by atoms with Crippen LogP contribution in [0.4, 0.5) is 0 Å². The molecule has 0 spiro atoms. The first-order chi connectivity index (χ1) is 9.14. The smallest absolute Gasteiger partial charge is 0.244 e. The van der Waals surface area contributed by atoms with Crippen molar-refractivity contribution in [3.05, 3.63) is 27.1 Å². The molecule has 112 valence electrons. The summed E-state index contributed by atoms with van der Waals surface area (Å²) in [5, 5.41) is 0. The average Bonchev–Trinajstić information content (AvgIpc) is 2.35. The van der Waals surface area contributed by atoms with Crippen molar-refractivity contribution in [1.29, 1.82) is 0 Å². The maximum absolute atomic E-state index is 12.8. The number of rotatable bonds is 2. The molecular formula is C13H18Br2N2O2S. The SMILES string of the molecule is CN1CCN(S(=O)(=O)c2cc(Br)ccc2Br)CC1(C)C. The minimum atomic E-state index is -3.48. The largest absolute Gasteiger partial charge is 0.299 e. The average molecular weight is 426 g/mol. The van der Waals surface area contributed by atoms with Gasteiger partial charge in [-0.1, -0.05) is 15.9 Å². The monoisotopic (exact) mass is 424 g/mol. The van der Waals surface area contributed by atoms with Crippen molar-refractivity contribution in [2.45, 2.75) is 24.3 Å². The normalized spacial score (nSPS) is 21.1. The van der Waals surface area contributed by atoms with E-state index in [0.29, 0.717) is 22.5 Å². The second kappa shape index (κ2) is 5.68. The number of hydrogen-bond acceptors (Lipinski definition) is 3. The van der Waals surface area contributed by atoms with Gasteiger partial charge >= 0.3 is 0 Å². The molecule has 4 nitrogen and oxygen atoms in total. The highest BCUT2D eigenvalue weighted by atomic mass is 79.9. The molecule has 0 unspecified atom stereocenters. The van der Waals surface area contributed by atoms with Crippen molar-refractivity contribution in [3.63, 3.8) is 0 Å². The van der Waals surface area contributed by atoms with Crippen LogP contribution in [0, 0.1) is 0 Å².